The highest BCUT2D eigenvalue weighted by Gasteiger charge is 2.70. The number of nitrogens with one attached hydrogen (secondary N) is 2. The van der Waals surface area contributed by atoms with Crippen molar-refractivity contribution in [2.75, 3.05) is 11.9 Å². The van der Waals surface area contributed by atoms with Gasteiger partial charge in [0.05, 0.1) is 27.0 Å². The molecule has 3 aromatic heterocycles. The van der Waals surface area contributed by atoms with Crippen molar-refractivity contribution in [3.63, 3.8) is 0 Å². The molecule has 44 heavy (non-hydrogen) atoms. The predicted molar refractivity (Wildman–Crippen MR) is 166 cm³/mol. The van der Waals surface area contributed by atoms with E-state index in [1.54, 1.807) is 6.33 Å². The second kappa shape index (κ2) is 10.1. The zero-order chi connectivity index (χ0) is 30.4. The molecule has 0 amide bonds. The van der Waals surface area contributed by atoms with Gasteiger partial charge < -0.3 is 14.9 Å². The van der Waals surface area contributed by atoms with Crippen molar-refractivity contribution in [3.8, 4) is 0 Å². The largest absolute Gasteiger partial charge is 0.417 e. The summed E-state index contributed by atoms with van der Waals surface area (Å²) in [4.78, 5) is 19.5. The van der Waals surface area contributed by atoms with Crippen LogP contribution in [0.3, 0.4) is 0 Å². The second-order valence-corrected chi connectivity index (χ2v) is 14.7. The van der Waals surface area contributed by atoms with Gasteiger partial charge in [-0.2, -0.15) is 13.2 Å². The Labute approximate surface area is 260 Å². The van der Waals surface area contributed by atoms with Crippen LogP contribution in [0.1, 0.15) is 89.1 Å². The molecule has 4 fully saturated rings. The molecule has 1 aromatic carbocycles. The minimum Gasteiger partial charge on any atom is -0.367 e. The number of aromatic nitrogens is 5. The minimum atomic E-state index is -4.49. The van der Waals surface area contributed by atoms with Gasteiger partial charge in [0.1, 0.15) is 23.6 Å². The number of unbranched alkanes of at least 4 members (excludes halogenated alkanes) is 1. The summed E-state index contributed by atoms with van der Waals surface area (Å²) in [7, 11) is 0. The molecule has 4 aromatic rings. The molecule has 2 N–H and O–H groups in total. The number of aromatic amines is 1. The van der Waals surface area contributed by atoms with Crippen LogP contribution in [0.5, 0.6) is 0 Å². The SMILES string of the molecule is CC(C)N(CCCCc1nc2cc(Cl)c(C(F)(F)F)cc2[nH]1)[C@H]1CC12CC[C@]1(CC1n1ccc3c(NC4CC4)ncnc31)C2. The Kier molecular flexibility index (Phi) is 6.55. The van der Waals surface area contributed by atoms with Gasteiger partial charge in [0.2, 0.25) is 0 Å². The van der Waals surface area contributed by atoms with E-state index >= 15 is 0 Å². The smallest absolute Gasteiger partial charge is 0.367 e. The van der Waals surface area contributed by atoms with Crippen molar-refractivity contribution in [1.82, 2.24) is 29.4 Å². The molecule has 4 aliphatic carbocycles. The number of fused-ring (bicyclic) bond motifs is 2. The normalized spacial score (nSPS) is 28.0. The maximum Gasteiger partial charge on any atom is 0.417 e. The number of anilines is 1. The first-order valence-corrected chi connectivity index (χ1v) is 16.5. The maximum atomic E-state index is 13.3. The summed E-state index contributed by atoms with van der Waals surface area (Å²) in [6.07, 6.45) is 11.0. The number of halogens is 4. The molecule has 7 nitrogen and oxygen atoms in total. The lowest BCUT2D eigenvalue weighted by Gasteiger charge is -2.29. The third-order valence-corrected chi connectivity index (χ3v) is 11.3. The lowest BCUT2D eigenvalue weighted by atomic mass is 9.98. The summed E-state index contributed by atoms with van der Waals surface area (Å²) in [6, 6.07) is 6.77. The van der Waals surface area contributed by atoms with Crippen LogP contribution in [-0.4, -0.2) is 54.1 Å². The minimum absolute atomic E-state index is 0.314. The zero-order valence-corrected chi connectivity index (χ0v) is 26.0. The molecule has 4 saturated carbocycles. The maximum absolute atomic E-state index is 13.3. The van der Waals surface area contributed by atoms with Gasteiger partial charge in [0.25, 0.3) is 0 Å². The highest BCUT2D eigenvalue weighted by molar-refractivity contribution is 6.32. The molecular weight excluding hydrogens is 587 g/mol. The molecule has 2 spiro atoms. The highest BCUT2D eigenvalue weighted by Crippen LogP contribution is 2.76. The molecule has 0 radical (unpaired) electrons. The molecule has 4 aliphatic rings. The fraction of sp³-hybridized carbons (Fsp3) is 0.606. The number of rotatable bonds is 10. The zero-order valence-electron chi connectivity index (χ0n) is 25.2. The van der Waals surface area contributed by atoms with E-state index in [1.165, 1.54) is 51.0 Å². The Morgan fingerprint density at radius 2 is 1.95 bits per heavy atom. The van der Waals surface area contributed by atoms with E-state index in [2.05, 4.69) is 55.8 Å². The summed E-state index contributed by atoms with van der Waals surface area (Å²) >= 11 is 5.89. The lowest BCUT2D eigenvalue weighted by Crippen LogP contribution is -2.36. The second-order valence-electron chi connectivity index (χ2n) is 14.3. The van der Waals surface area contributed by atoms with E-state index in [9.17, 15) is 13.2 Å². The summed E-state index contributed by atoms with van der Waals surface area (Å²) in [5.74, 6) is 1.69. The average Bonchev–Trinajstić information content (AvgIpc) is 3.89. The van der Waals surface area contributed by atoms with E-state index in [0.717, 1.165) is 42.3 Å². The molecule has 11 heteroatoms. The third-order valence-electron chi connectivity index (χ3n) is 11.0. The molecule has 234 valence electrons. The first kappa shape index (κ1) is 28.6. The molecule has 0 bridgehead atoms. The topological polar surface area (TPSA) is 74.7 Å². The van der Waals surface area contributed by atoms with Crippen LogP contribution in [0.2, 0.25) is 5.02 Å². The predicted octanol–water partition coefficient (Wildman–Crippen LogP) is 8.16. The Morgan fingerprint density at radius 1 is 1.14 bits per heavy atom. The number of imidazole rings is 1. The Hall–Kier alpha value is -2.85. The first-order valence-electron chi connectivity index (χ1n) is 16.1. The number of aryl methyl sites for hydroxylation is 1. The van der Waals surface area contributed by atoms with Gasteiger partial charge in [-0.15, -0.1) is 0 Å². The molecule has 4 atom stereocenters. The standard InChI is InChI=1S/C33H39ClF3N7/c1-19(2)43(11-4-3-5-28-41-24-13-22(33(35,36)37)23(34)14-25(24)42-28)26-15-31(26)9-10-32(17-31)16-27(32)44-12-8-21-29(40-20-6-7-20)38-18-39-30(21)44/h8,12-14,18-20,26-27H,3-7,9-11,15-17H2,1-2H3,(H,41,42)(H,38,39,40)/t26-,27?,31?,32-/m0/s1. The summed E-state index contributed by atoms with van der Waals surface area (Å²) in [6.45, 7) is 5.63. The van der Waals surface area contributed by atoms with E-state index in [4.69, 9.17) is 16.6 Å². The van der Waals surface area contributed by atoms with Gasteiger partial charge in [-0.1, -0.05) is 11.6 Å². The van der Waals surface area contributed by atoms with Crippen LogP contribution in [0.15, 0.2) is 30.7 Å². The summed E-state index contributed by atoms with van der Waals surface area (Å²) in [5.41, 5.74) is 1.93. The Bertz CT molecular complexity index is 1730. The van der Waals surface area contributed by atoms with Gasteiger partial charge in [-0.25, -0.2) is 15.0 Å². The van der Waals surface area contributed by atoms with Crippen molar-refractivity contribution in [2.24, 2.45) is 10.8 Å². The lowest BCUT2D eigenvalue weighted by molar-refractivity contribution is -0.137. The third kappa shape index (κ3) is 4.96. The fourth-order valence-electron chi connectivity index (χ4n) is 8.35. The number of alkyl halides is 3. The fourth-order valence-corrected chi connectivity index (χ4v) is 8.61. The van der Waals surface area contributed by atoms with Crippen LogP contribution >= 0.6 is 11.6 Å². The number of H-pyrrole nitrogens is 1. The van der Waals surface area contributed by atoms with Crippen LogP contribution < -0.4 is 5.32 Å². The van der Waals surface area contributed by atoms with E-state index < -0.39 is 11.7 Å². The molecule has 8 rings (SSSR count). The average molecular weight is 626 g/mol. The van der Waals surface area contributed by atoms with Crippen LogP contribution in [0.25, 0.3) is 22.1 Å². The number of nitrogens with zero attached hydrogens (tertiary/aromatic N) is 5. The van der Waals surface area contributed by atoms with Crippen molar-refractivity contribution in [3.05, 3.63) is 47.1 Å². The van der Waals surface area contributed by atoms with Crippen molar-refractivity contribution in [2.45, 2.75) is 108 Å². The molecule has 0 aliphatic heterocycles. The number of hydrogen-bond donors (Lipinski definition) is 2. The number of benzene rings is 1. The van der Waals surface area contributed by atoms with Gasteiger partial charge in [-0.3, -0.25) is 4.90 Å². The summed E-state index contributed by atoms with van der Waals surface area (Å²) < 4.78 is 42.2. The van der Waals surface area contributed by atoms with Crippen molar-refractivity contribution in [1.29, 1.82) is 0 Å². The highest BCUT2D eigenvalue weighted by atomic mass is 35.5. The molecule has 2 unspecified atom stereocenters. The summed E-state index contributed by atoms with van der Waals surface area (Å²) in [5, 5.41) is 4.40. The van der Waals surface area contributed by atoms with E-state index in [1.807, 2.05) is 0 Å². The van der Waals surface area contributed by atoms with Crippen LogP contribution in [0, 0.1) is 10.8 Å². The van der Waals surface area contributed by atoms with Gasteiger partial charge in [0, 0.05) is 36.8 Å². The van der Waals surface area contributed by atoms with Gasteiger partial charge >= 0.3 is 6.18 Å². The van der Waals surface area contributed by atoms with Crippen LogP contribution in [-0.2, 0) is 12.6 Å². The molecule has 3 heterocycles. The molecule has 0 saturated heterocycles. The van der Waals surface area contributed by atoms with Crippen LogP contribution in [0.4, 0.5) is 19.0 Å². The quantitative estimate of drug-likeness (QED) is 0.174. The first-order chi connectivity index (χ1) is 21.1. The monoisotopic (exact) mass is 625 g/mol. The Balaban J connectivity index is 0.882. The van der Waals surface area contributed by atoms with Gasteiger partial charge in [0.15, 0.2) is 0 Å². The van der Waals surface area contributed by atoms with Crippen molar-refractivity contribution < 1.29 is 13.2 Å². The molecular formula is C33H39ClF3N7. The van der Waals surface area contributed by atoms with Gasteiger partial charge in [-0.05, 0) is 107 Å². The van der Waals surface area contributed by atoms with E-state index in [-0.39, 0.29) is 5.02 Å². The number of hydrogen-bond acceptors (Lipinski definition) is 5. The Morgan fingerprint density at radius 3 is 2.73 bits per heavy atom. The van der Waals surface area contributed by atoms with Crippen molar-refractivity contribution >= 4 is 39.5 Å². The van der Waals surface area contributed by atoms with E-state index in [0.29, 0.717) is 58.3 Å².